The number of hydrogen-bond donors (Lipinski definition) is 2. The molecule has 0 fully saturated rings. The van der Waals surface area contributed by atoms with E-state index in [4.69, 9.17) is 15.7 Å². The smallest absolute Gasteiger partial charge is 0.225 e. The monoisotopic (exact) mass is 349 g/mol. The molecule has 0 aliphatic heterocycles. The summed E-state index contributed by atoms with van der Waals surface area (Å²) in [5.41, 5.74) is 8.87. The molecule has 3 N–H and O–H groups in total. The lowest BCUT2D eigenvalue weighted by molar-refractivity contribution is 0.290. The van der Waals surface area contributed by atoms with Crippen molar-refractivity contribution >= 4 is 21.8 Å². The summed E-state index contributed by atoms with van der Waals surface area (Å²) >= 11 is 3.47. The normalized spacial score (nSPS) is 11.5. The first kappa shape index (κ1) is 15.3. The second kappa shape index (κ2) is 6.58. The number of amidine groups is 1. The van der Waals surface area contributed by atoms with Gasteiger partial charge in [-0.15, -0.1) is 0 Å². The van der Waals surface area contributed by atoms with Crippen LogP contribution < -0.4 is 10.5 Å². The highest BCUT2D eigenvalue weighted by atomic mass is 79.9. The minimum atomic E-state index is -0.0119. The Morgan fingerprint density at radius 3 is 2.76 bits per heavy atom. The van der Waals surface area contributed by atoms with Crippen LogP contribution in [0.3, 0.4) is 0 Å². The summed E-state index contributed by atoms with van der Waals surface area (Å²) in [4.78, 5) is 4.34. The van der Waals surface area contributed by atoms with Crippen molar-refractivity contribution < 1.29 is 9.94 Å². The Hall–Kier alpha value is -2.08. The van der Waals surface area contributed by atoms with Crippen LogP contribution in [0.15, 0.2) is 40.0 Å². The first-order valence-corrected chi connectivity index (χ1v) is 7.14. The Balaban J connectivity index is 2.33. The number of nitrogens with two attached hydrogens (primary N) is 1. The fourth-order valence-electron chi connectivity index (χ4n) is 2.03. The molecule has 0 atom stereocenters. The standard InChI is InChI=1S/C15H16BrN3O2/c1-9-7-10(2)18-15(13(9)14(17)19-20)21-8-11-5-3-4-6-12(11)16/h3-7,20H,8H2,1-2H3,(H2,17,19). The van der Waals surface area contributed by atoms with Crippen molar-refractivity contribution in [2.45, 2.75) is 20.5 Å². The maximum Gasteiger partial charge on any atom is 0.225 e. The highest BCUT2D eigenvalue weighted by Gasteiger charge is 2.15. The fraction of sp³-hybridized carbons (Fsp3) is 0.200. The third-order valence-corrected chi connectivity index (χ3v) is 3.77. The summed E-state index contributed by atoms with van der Waals surface area (Å²) in [5.74, 6) is 0.348. The summed E-state index contributed by atoms with van der Waals surface area (Å²) in [7, 11) is 0. The quantitative estimate of drug-likeness (QED) is 0.384. The van der Waals surface area contributed by atoms with E-state index in [2.05, 4.69) is 26.1 Å². The Morgan fingerprint density at radius 2 is 2.10 bits per heavy atom. The number of aryl methyl sites for hydroxylation is 2. The van der Waals surface area contributed by atoms with Gasteiger partial charge in [0.05, 0.1) is 5.56 Å². The van der Waals surface area contributed by atoms with Gasteiger partial charge < -0.3 is 15.7 Å². The van der Waals surface area contributed by atoms with Crippen LogP contribution in [-0.4, -0.2) is 16.0 Å². The molecule has 2 rings (SSSR count). The summed E-state index contributed by atoms with van der Waals surface area (Å²) in [6.45, 7) is 4.07. The summed E-state index contributed by atoms with van der Waals surface area (Å²) < 4.78 is 6.73. The number of pyridine rings is 1. The molecule has 21 heavy (non-hydrogen) atoms. The van der Waals surface area contributed by atoms with Gasteiger partial charge in [-0.2, -0.15) is 0 Å². The van der Waals surface area contributed by atoms with Crippen LogP contribution in [0.1, 0.15) is 22.4 Å². The number of aromatic nitrogens is 1. The Kier molecular flexibility index (Phi) is 4.80. The van der Waals surface area contributed by atoms with E-state index in [1.807, 2.05) is 44.2 Å². The Bertz CT molecular complexity index is 687. The first-order chi connectivity index (χ1) is 10.0. The van der Waals surface area contributed by atoms with Gasteiger partial charge in [0.25, 0.3) is 0 Å². The van der Waals surface area contributed by atoms with Crippen molar-refractivity contribution in [3.63, 3.8) is 0 Å². The summed E-state index contributed by atoms with van der Waals surface area (Å²) in [6.07, 6.45) is 0. The third-order valence-electron chi connectivity index (χ3n) is 3.00. The molecule has 0 bridgehead atoms. The van der Waals surface area contributed by atoms with Gasteiger partial charge in [-0.1, -0.05) is 39.3 Å². The van der Waals surface area contributed by atoms with Crippen LogP contribution in [0.4, 0.5) is 0 Å². The van der Waals surface area contributed by atoms with Gasteiger partial charge in [-0.05, 0) is 31.5 Å². The van der Waals surface area contributed by atoms with Gasteiger partial charge in [-0.25, -0.2) is 4.98 Å². The zero-order chi connectivity index (χ0) is 15.4. The lowest BCUT2D eigenvalue weighted by Crippen LogP contribution is -2.18. The molecule has 0 aliphatic rings. The van der Waals surface area contributed by atoms with E-state index in [1.54, 1.807) is 0 Å². The van der Waals surface area contributed by atoms with E-state index < -0.39 is 0 Å². The molecule has 1 aromatic carbocycles. The van der Waals surface area contributed by atoms with Crippen molar-refractivity contribution in [3.05, 3.63) is 57.2 Å². The molecule has 6 heteroatoms. The van der Waals surface area contributed by atoms with Crippen LogP contribution >= 0.6 is 15.9 Å². The van der Waals surface area contributed by atoms with Gasteiger partial charge in [0, 0.05) is 15.7 Å². The molecule has 0 saturated heterocycles. The average molecular weight is 350 g/mol. The third kappa shape index (κ3) is 3.52. The zero-order valence-electron chi connectivity index (χ0n) is 11.8. The molecular weight excluding hydrogens is 334 g/mol. The highest BCUT2D eigenvalue weighted by Crippen LogP contribution is 2.23. The van der Waals surface area contributed by atoms with Crippen LogP contribution in [0.5, 0.6) is 5.88 Å². The topological polar surface area (TPSA) is 80.7 Å². The Labute approximate surface area is 131 Å². The molecule has 5 nitrogen and oxygen atoms in total. The van der Waals surface area contributed by atoms with E-state index >= 15 is 0 Å². The molecule has 0 amide bonds. The van der Waals surface area contributed by atoms with Gasteiger partial charge >= 0.3 is 0 Å². The summed E-state index contributed by atoms with van der Waals surface area (Å²) in [5, 5.41) is 12.0. The van der Waals surface area contributed by atoms with Crippen molar-refractivity contribution in [2.24, 2.45) is 10.9 Å². The van der Waals surface area contributed by atoms with Crippen molar-refractivity contribution in [1.29, 1.82) is 0 Å². The second-order valence-corrected chi connectivity index (χ2v) is 5.48. The SMILES string of the molecule is Cc1cc(C)c(/C(N)=N/O)c(OCc2ccccc2Br)n1. The second-order valence-electron chi connectivity index (χ2n) is 4.63. The number of benzene rings is 1. The fourth-order valence-corrected chi connectivity index (χ4v) is 2.43. The van der Waals surface area contributed by atoms with Crippen LogP contribution in [0.25, 0.3) is 0 Å². The lowest BCUT2D eigenvalue weighted by atomic mass is 10.1. The number of oxime groups is 1. The van der Waals surface area contributed by atoms with E-state index in [-0.39, 0.29) is 5.84 Å². The molecule has 0 radical (unpaired) electrons. The van der Waals surface area contributed by atoms with Crippen molar-refractivity contribution in [2.75, 3.05) is 0 Å². The van der Waals surface area contributed by atoms with Gasteiger partial charge in [-0.3, -0.25) is 0 Å². The number of rotatable bonds is 4. The van der Waals surface area contributed by atoms with Gasteiger partial charge in [0.1, 0.15) is 6.61 Å². The average Bonchev–Trinajstić information content (AvgIpc) is 2.45. The molecule has 0 unspecified atom stereocenters. The number of hydrogen-bond acceptors (Lipinski definition) is 4. The molecule has 1 aromatic heterocycles. The maximum atomic E-state index is 8.91. The van der Waals surface area contributed by atoms with Gasteiger partial charge in [0.15, 0.2) is 5.84 Å². The largest absolute Gasteiger partial charge is 0.472 e. The van der Waals surface area contributed by atoms with Crippen molar-refractivity contribution in [1.82, 2.24) is 4.98 Å². The highest BCUT2D eigenvalue weighted by molar-refractivity contribution is 9.10. The lowest BCUT2D eigenvalue weighted by Gasteiger charge is -2.13. The minimum absolute atomic E-state index is 0.0119. The Morgan fingerprint density at radius 1 is 1.38 bits per heavy atom. The number of ether oxygens (including phenoxy) is 1. The first-order valence-electron chi connectivity index (χ1n) is 6.35. The van der Waals surface area contributed by atoms with Crippen LogP contribution in [0.2, 0.25) is 0 Å². The molecule has 2 aromatic rings. The minimum Gasteiger partial charge on any atom is -0.472 e. The van der Waals surface area contributed by atoms with E-state index in [9.17, 15) is 0 Å². The summed E-state index contributed by atoms with van der Waals surface area (Å²) in [6, 6.07) is 9.62. The molecule has 0 saturated carbocycles. The van der Waals surface area contributed by atoms with Crippen LogP contribution in [0, 0.1) is 13.8 Å². The molecule has 0 spiro atoms. The van der Waals surface area contributed by atoms with Crippen molar-refractivity contribution in [3.8, 4) is 5.88 Å². The number of nitrogens with zero attached hydrogens (tertiary/aromatic N) is 2. The predicted molar refractivity (Wildman–Crippen MR) is 84.7 cm³/mol. The maximum absolute atomic E-state index is 8.91. The zero-order valence-corrected chi connectivity index (χ0v) is 13.4. The molecule has 1 heterocycles. The van der Waals surface area contributed by atoms with E-state index in [1.165, 1.54) is 0 Å². The molecule has 0 aliphatic carbocycles. The number of halogens is 1. The van der Waals surface area contributed by atoms with Crippen LogP contribution in [-0.2, 0) is 6.61 Å². The predicted octanol–water partition coefficient (Wildman–Crippen LogP) is 3.13. The van der Waals surface area contributed by atoms with E-state index in [0.29, 0.717) is 18.1 Å². The van der Waals surface area contributed by atoms with Gasteiger partial charge in [0.2, 0.25) is 5.88 Å². The van der Waals surface area contributed by atoms with E-state index in [0.717, 1.165) is 21.3 Å². The molecule has 110 valence electrons. The molecular formula is C15H16BrN3O2.